The van der Waals surface area contributed by atoms with Gasteiger partial charge in [-0.1, -0.05) is 17.7 Å². The molecule has 0 spiro atoms. The molecular weight excluding hydrogens is 260 g/mol. The number of rotatable bonds is 5. The second-order valence-electron chi connectivity index (χ2n) is 4.15. The maximum absolute atomic E-state index is 6.34. The molecule has 0 aliphatic carbocycles. The van der Waals surface area contributed by atoms with Crippen LogP contribution >= 0.6 is 11.6 Å². The molecule has 2 rings (SSSR count). The first-order valence-electron chi connectivity index (χ1n) is 6.24. The van der Waals surface area contributed by atoms with Crippen LogP contribution in [0.15, 0.2) is 36.7 Å². The van der Waals surface area contributed by atoms with Crippen molar-refractivity contribution in [2.75, 3.05) is 11.4 Å². The van der Waals surface area contributed by atoms with E-state index in [1.165, 1.54) is 0 Å². The highest BCUT2D eigenvalue weighted by Gasteiger charge is 2.13. The smallest absolute Gasteiger partial charge is 0.148 e. The molecule has 0 saturated carbocycles. The molecule has 0 fully saturated rings. The summed E-state index contributed by atoms with van der Waals surface area (Å²) in [4.78, 5) is 10.8. The van der Waals surface area contributed by atoms with Crippen LogP contribution in [0.25, 0.3) is 0 Å². The van der Waals surface area contributed by atoms with Crippen molar-refractivity contribution in [2.45, 2.75) is 20.0 Å². The van der Waals surface area contributed by atoms with Crippen LogP contribution in [0, 0.1) is 0 Å². The van der Waals surface area contributed by atoms with Crippen molar-refractivity contribution in [1.29, 1.82) is 0 Å². The molecule has 100 valence electrons. The normalized spacial score (nSPS) is 10.5. The third-order valence-electron chi connectivity index (χ3n) is 2.93. The van der Waals surface area contributed by atoms with Gasteiger partial charge in [0.15, 0.2) is 0 Å². The first-order valence-corrected chi connectivity index (χ1v) is 6.62. The fraction of sp³-hybridized carbons (Fsp3) is 0.286. The average molecular weight is 277 g/mol. The van der Waals surface area contributed by atoms with Crippen LogP contribution in [-0.2, 0) is 13.1 Å². The summed E-state index contributed by atoms with van der Waals surface area (Å²) in [6.45, 7) is 3.96. The molecule has 0 radical (unpaired) electrons. The third-order valence-corrected chi connectivity index (χ3v) is 3.34. The van der Waals surface area contributed by atoms with Gasteiger partial charge in [-0.3, -0.25) is 4.98 Å². The Hall–Kier alpha value is -1.65. The summed E-state index contributed by atoms with van der Waals surface area (Å²) < 4.78 is 0. The lowest BCUT2D eigenvalue weighted by molar-refractivity contribution is 0.792. The molecule has 0 unspecified atom stereocenters. The van der Waals surface area contributed by atoms with Gasteiger partial charge >= 0.3 is 0 Å². The van der Waals surface area contributed by atoms with Gasteiger partial charge in [-0.15, -0.1) is 0 Å². The summed E-state index contributed by atoms with van der Waals surface area (Å²) in [6, 6.07) is 7.71. The van der Waals surface area contributed by atoms with E-state index in [4.69, 9.17) is 17.3 Å². The van der Waals surface area contributed by atoms with E-state index >= 15 is 0 Å². The van der Waals surface area contributed by atoms with Gasteiger partial charge in [0.25, 0.3) is 0 Å². The van der Waals surface area contributed by atoms with E-state index in [2.05, 4.69) is 21.8 Å². The predicted molar refractivity (Wildman–Crippen MR) is 78.1 cm³/mol. The maximum Gasteiger partial charge on any atom is 0.148 e. The Morgan fingerprint density at radius 3 is 2.68 bits per heavy atom. The molecule has 0 atom stereocenters. The minimum Gasteiger partial charge on any atom is -0.350 e. The lowest BCUT2D eigenvalue weighted by Gasteiger charge is -2.23. The molecule has 2 aromatic rings. The number of nitrogens with zero attached hydrogens (tertiary/aromatic N) is 3. The molecule has 0 aliphatic heterocycles. The van der Waals surface area contributed by atoms with Crippen LogP contribution in [0.3, 0.4) is 0 Å². The number of aromatic nitrogens is 2. The molecule has 0 aromatic carbocycles. The Labute approximate surface area is 118 Å². The van der Waals surface area contributed by atoms with Crippen LogP contribution in [0.4, 0.5) is 5.82 Å². The molecule has 2 heterocycles. The highest BCUT2D eigenvalue weighted by molar-refractivity contribution is 6.33. The first kappa shape index (κ1) is 13.8. The molecule has 2 N–H and O–H groups in total. The van der Waals surface area contributed by atoms with Crippen LogP contribution < -0.4 is 10.6 Å². The Kier molecular flexibility index (Phi) is 4.71. The van der Waals surface area contributed by atoms with Crippen LogP contribution in [0.1, 0.15) is 18.2 Å². The second kappa shape index (κ2) is 6.50. The first-order chi connectivity index (χ1) is 9.26. The molecule has 0 amide bonds. The van der Waals surface area contributed by atoms with Crippen molar-refractivity contribution in [3.8, 4) is 0 Å². The van der Waals surface area contributed by atoms with Gasteiger partial charge in [-0.25, -0.2) is 4.98 Å². The van der Waals surface area contributed by atoms with Gasteiger partial charge in [-0.2, -0.15) is 0 Å². The zero-order valence-electron chi connectivity index (χ0n) is 10.9. The number of anilines is 1. The summed E-state index contributed by atoms with van der Waals surface area (Å²) in [5.41, 5.74) is 7.57. The Balaban J connectivity index is 2.27. The minimum absolute atomic E-state index is 0.412. The summed E-state index contributed by atoms with van der Waals surface area (Å²) in [5, 5.41) is 0.628. The van der Waals surface area contributed by atoms with E-state index in [0.717, 1.165) is 23.6 Å². The largest absolute Gasteiger partial charge is 0.350 e. The van der Waals surface area contributed by atoms with Gasteiger partial charge < -0.3 is 10.6 Å². The monoisotopic (exact) mass is 276 g/mol. The quantitative estimate of drug-likeness (QED) is 0.912. The summed E-state index contributed by atoms with van der Waals surface area (Å²) in [6.07, 6.45) is 3.53. The molecule has 0 aliphatic rings. The Bertz CT molecular complexity index is 530. The second-order valence-corrected chi connectivity index (χ2v) is 4.53. The van der Waals surface area contributed by atoms with Crippen molar-refractivity contribution in [1.82, 2.24) is 9.97 Å². The lowest BCUT2D eigenvalue weighted by Crippen LogP contribution is -2.24. The van der Waals surface area contributed by atoms with Gasteiger partial charge in [0.1, 0.15) is 5.82 Å². The highest BCUT2D eigenvalue weighted by atomic mass is 35.5. The maximum atomic E-state index is 6.34. The van der Waals surface area contributed by atoms with E-state index in [0.29, 0.717) is 18.1 Å². The molecule has 0 saturated heterocycles. The van der Waals surface area contributed by atoms with Crippen molar-refractivity contribution in [2.24, 2.45) is 5.73 Å². The zero-order valence-corrected chi connectivity index (χ0v) is 11.6. The average Bonchev–Trinajstić information content (AvgIpc) is 2.46. The number of pyridine rings is 2. The number of hydrogen-bond acceptors (Lipinski definition) is 4. The van der Waals surface area contributed by atoms with Gasteiger partial charge in [0, 0.05) is 25.5 Å². The van der Waals surface area contributed by atoms with Crippen LogP contribution in [-0.4, -0.2) is 16.5 Å². The van der Waals surface area contributed by atoms with Gasteiger partial charge in [0.05, 0.1) is 17.3 Å². The summed E-state index contributed by atoms with van der Waals surface area (Å²) in [5.74, 6) is 0.762. The summed E-state index contributed by atoms with van der Waals surface area (Å²) in [7, 11) is 0. The van der Waals surface area contributed by atoms with Crippen molar-refractivity contribution >= 4 is 17.4 Å². The highest BCUT2D eigenvalue weighted by Crippen LogP contribution is 2.27. The predicted octanol–water partition coefficient (Wildman–Crippen LogP) is 2.62. The molecule has 5 heteroatoms. The molecular formula is C14H17ClN4. The Morgan fingerprint density at radius 2 is 2.05 bits per heavy atom. The number of hydrogen-bond donors (Lipinski definition) is 1. The number of nitrogens with two attached hydrogens (primary N) is 1. The van der Waals surface area contributed by atoms with E-state index in [1.54, 1.807) is 12.4 Å². The van der Waals surface area contributed by atoms with Crippen LogP contribution in [0.5, 0.6) is 0 Å². The topological polar surface area (TPSA) is 55.0 Å². The lowest BCUT2D eigenvalue weighted by atomic mass is 10.2. The standard InChI is InChI=1S/C14H17ClN4/c1-2-19(10-12-5-3-4-7-17-12)14-13(15)11(9-16)6-8-18-14/h3-8H,2,9-10,16H2,1H3. The Morgan fingerprint density at radius 1 is 1.21 bits per heavy atom. The van der Waals surface area contributed by atoms with E-state index in [9.17, 15) is 0 Å². The minimum atomic E-state index is 0.412. The number of halogens is 1. The third kappa shape index (κ3) is 3.22. The molecule has 2 aromatic heterocycles. The van der Waals surface area contributed by atoms with E-state index in [1.807, 2.05) is 24.3 Å². The zero-order chi connectivity index (χ0) is 13.7. The molecule has 4 nitrogen and oxygen atoms in total. The van der Waals surface area contributed by atoms with Crippen molar-refractivity contribution in [3.63, 3.8) is 0 Å². The molecule has 0 bridgehead atoms. The van der Waals surface area contributed by atoms with E-state index in [-0.39, 0.29) is 0 Å². The summed E-state index contributed by atoms with van der Waals surface area (Å²) >= 11 is 6.34. The SMILES string of the molecule is CCN(Cc1ccccn1)c1nccc(CN)c1Cl. The van der Waals surface area contributed by atoms with Gasteiger partial charge in [-0.05, 0) is 30.7 Å². The van der Waals surface area contributed by atoms with Crippen molar-refractivity contribution in [3.05, 3.63) is 52.9 Å². The van der Waals surface area contributed by atoms with Crippen molar-refractivity contribution < 1.29 is 0 Å². The molecule has 19 heavy (non-hydrogen) atoms. The van der Waals surface area contributed by atoms with E-state index < -0.39 is 0 Å². The van der Waals surface area contributed by atoms with Crippen LogP contribution in [0.2, 0.25) is 5.02 Å². The van der Waals surface area contributed by atoms with Gasteiger partial charge in [0.2, 0.25) is 0 Å². The fourth-order valence-electron chi connectivity index (χ4n) is 1.87. The fourth-order valence-corrected chi connectivity index (χ4v) is 2.18.